The molecule has 2 heterocycles. The van der Waals surface area contributed by atoms with E-state index in [2.05, 4.69) is 10.3 Å². The quantitative estimate of drug-likeness (QED) is 0.818. The summed E-state index contributed by atoms with van der Waals surface area (Å²) in [6.07, 6.45) is 1.66. The lowest BCUT2D eigenvalue weighted by atomic mass is 10.2. The fourth-order valence-corrected chi connectivity index (χ4v) is 1.96. The van der Waals surface area contributed by atoms with Crippen LogP contribution >= 0.6 is 0 Å². The lowest BCUT2D eigenvalue weighted by Gasteiger charge is -2.27. The third kappa shape index (κ3) is 2.53. The molecule has 0 radical (unpaired) electrons. The fraction of sp³-hybridized carbons (Fsp3) is 0.500. The van der Waals surface area contributed by atoms with Gasteiger partial charge in [0, 0.05) is 25.4 Å². The van der Waals surface area contributed by atoms with E-state index in [9.17, 15) is 4.79 Å². The Labute approximate surface area is 106 Å². The van der Waals surface area contributed by atoms with Crippen molar-refractivity contribution < 1.29 is 14.3 Å². The van der Waals surface area contributed by atoms with Gasteiger partial charge in [0.15, 0.2) is 11.5 Å². The van der Waals surface area contributed by atoms with Gasteiger partial charge >= 0.3 is 0 Å². The Kier molecular flexibility index (Phi) is 3.99. The van der Waals surface area contributed by atoms with Gasteiger partial charge in [-0.3, -0.25) is 9.78 Å². The highest BCUT2D eigenvalue weighted by molar-refractivity contribution is 5.79. The summed E-state index contributed by atoms with van der Waals surface area (Å²) in [5.74, 6) is 1.30. The van der Waals surface area contributed by atoms with E-state index in [1.807, 2.05) is 0 Å². The lowest BCUT2D eigenvalue weighted by molar-refractivity contribution is -0.132. The molecule has 0 aliphatic carbocycles. The summed E-state index contributed by atoms with van der Waals surface area (Å²) in [5.41, 5.74) is 0.715. The van der Waals surface area contributed by atoms with Gasteiger partial charge in [0.25, 0.3) is 0 Å². The summed E-state index contributed by atoms with van der Waals surface area (Å²) < 4.78 is 10.5. The molecule has 2 rings (SSSR count). The topological polar surface area (TPSA) is 63.7 Å². The van der Waals surface area contributed by atoms with Gasteiger partial charge < -0.3 is 19.7 Å². The molecule has 0 aromatic carbocycles. The van der Waals surface area contributed by atoms with Crippen LogP contribution in [0.15, 0.2) is 12.3 Å². The van der Waals surface area contributed by atoms with E-state index in [0.29, 0.717) is 36.8 Å². The van der Waals surface area contributed by atoms with Crippen LogP contribution < -0.4 is 14.8 Å². The largest absolute Gasteiger partial charge is 0.493 e. The molecule has 98 valence electrons. The molecule has 0 saturated carbocycles. The van der Waals surface area contributed by atoms with Crippen LogP contribution in [0.4, 0.5) is 0 Å². The Bertz CT molecular complexity index is 437. The van der Waals surface area contributed by atoms with Crippen molar-refractivity contribution in [3.63, 3.8) is 0 Å². The van der Waals surface area contributed by atoms with Gasteiger partial charge in [0.1, 0.15) is 5.69 Å². The van der Waals surface area contributed by atoms with E-state index in [1.54, 1.807) is 31.4 Å². The van der Waals surface area contributed by atoms with E-state index in [1.165, 1.54) is 0 Å². The molecule has 1 aromatic rings. The van der Waals surface area contributed by atoms with Gasteiger partial charge in [-0.15, -0.1) is 0 Å². The second kappa shape index (κ2) is 5.68. The number of piperazine rings is 1. The molecule has 1 fully saturated rings. The number of rotatable bonds is 4. The Morgan fingerprint density at radius 2 is 2.28 bits per heavy atom. The summed E-state index contributed by atoms with van der Waals surface area (Å²) in [6.45, 7) is 2.31. The number of carbonyl (C=O) groups excluding carboxylic acids is 1. The van der Waals surface area contributed by atoms with Gasteiger partial charge in [-0.25, -0.2) is 0 Å². The molecule has 1 aromatic heterocycles. The highest BCUT2D eigenvalue weighted by Crippen LogP contribution is 2.29. The molecular weight excluding hydrogens is 234 g/mol. The third-order valence-corrected chi connectivity index (χ3v) is 2.89. The summed E-state index contributed by atoms with van der Waals surface area (Å²) in [7, 11) is 3.15. The first-order chi connectivity index (χ1) is 8.76. The molecule has 1 saturated heterocycles. The second-order valence-corrected chi connectivity index (χ2v) is 3.99. The van der Waals surface area contributed by atoms with Gasteiger partial charge in [0.05, 0.1) is 27.3 Å². The first-order valence-electron chi connectivity index (χ1n) is 5.80. The van der Waals surface area contributed by atoms with Crippen molar-refractivity contribution in [3.05, 3.63) is 18.0 Å². The number of pyridine rings is 1. The number of amides is 1. The molecule has 1 N–H and O–H groups in total. The zero-order valence-corrected chi connectivity index (χ0v) is 10.6. The normalized spacial score (nSPS) is 15.7. The van der Waals surface area contributed by atoms with Gasteiger partial charge in [-0.2, -0.15) is 0 Å². The van der Waals surface area contributed by atoms with Crippen molar-refractivity contribution in [2.45, 2.75) is 6.54 Å². The SMILES string of the molecule is COc1ccnc(CN2CCNCC2=O)c1OC. The van der Waals surface area contributed by atoms with Crippen molar-refractivity contribution in [1.82, 2.24) is 15.2 Å². The molecule has 1 aliphatic rings. The van der Waals surface area contributed by atoms with Crippen LogP contribution in [0.3, 0.4) is 0 Å². The second-order valence-electron chi connectivity index (χ2n) is 3.99. The molecule has 1 amide bonds. The van der Waals surface area contributed by atoms with Crippen LogP contribution in [0.5, 0.6) is 11.5 Å². The third-order valence-electron chi connectivity index (χ3n) is 2.89. The molecule has 0 spiro atoms. The molecule has 6 nitrogen and oxygen atoms in total. The van der Waals surface area contributed by atoms with Crippen molar-refractivity contribution >= 4 is 5.91 Å². The van der Waals surface area contributed by atoms with Crippen LogP contribution in [0, 0.1) is 0 Å². The monoisotopic (exact) mass is 251 g/mol. The maximum absolute atomic E-state index is 11.7. The molecule has 0 bridgehead atoms. The lowest BCUT2D eigenvalue weighted by Crippen LogP contribution is -2.47. The minimum absolute atomic E-state index is 0.0768. The fourth-order valence-electron chi connectivity index (χ4n) is 1.96. The van der Waals surface area contributed by atoms with Crippen molar-refractivity contribution in [3.8, 4) is 11.5 Å². The number of nitrogens with zero attached hydrogens (tertiary/aromatic N) is 2. The number of carbonyl (C=O) groups is 1. The van der Waals surface area contributed by atoms with Crippen LogP contribution in [-0.2, 0) is 11.3 Å². The molecular formula is C12H17N3O3. The first-order valence-corrected chi connectivity index (χ1v) is 5.80. The van der Waals surface area contributed by atoms with Crippen molar-refractivity contribution in [2.75, 3.05) is 33.9 Å². The number of hydrogen-bond donors (Lipinski definition) is 1. The van der Waals surface area contributed by atoms with Crippen LogP contribution in [0.25, 0.3) is 0 Å². The van der Waals surface area contributed by atoms with Crippen LogP contribution in [0.1, 0.15) is 5.69 Å². The van der Waals surface area contributed by atoms with E-state index in [-0.39, 0.29) is 5.91 Å². The molecule has 1 aliphatic heterocycles. The number of nitrogens with one attached hydrogen (secondary N) is 1. The smallest absolute Gasteiger partial charge is 0.236 e. The van der Waals surface area contributed by atoms with Gasteiger partial charge in [-0.05, 0) is 0 Å². The predicted molar refractivity (Wildman–Crippen MR) is 65.6 cm³/mol. The van der Waals surface area contributed by atoms with Crippen molar-refractivity contribution in [1.29, 1.82) is 0 Å². The molecule has 0 atom stereocenters. The van der Waals surface area contributed by atoms with Crippen molar-refractivity contribution in [2.24, 2.45) is 0 Å². The molecule has 0 unspecified atom stereocenters. The summed E-state index contributed by atoms with van der Waals surface area (Å²) >= 11 is 0. The predicted octanol–water partition coefficient (Wildman–Crippen LogP) is 0.0306. The average Bonchev–Trinajstić information content (AvgIpc) is 2.41. The first kappa shape index (κ1) is 12.6. The zero-order chi connectivity index (χ0) is 13.0. The minimum Gasteiger partial charge on any atom is -0.493 e. The Morgan fingerprint density at radius 3 is 2.94 bits per heavy atom. The Hall–Kier alpha value is -1.82. The van der Waals surface area contributed by atoms with E-state index in [4.69, 9.17) is 9.47 Å². The van der Waals surface area contributed by atoms with Crippen LogP contribution in [0.2, 0.25) is 0 Å². The van der Waals surface area contributed by atoms with Crippen LogP contribution in [-0.4, -0.2) is 49.6 Å². The summed E-state index contributed by atoms with van der Waals surface area (Å²) in [5, 5.41) is 3.03. The number of aromatic nitrogens is 1. The number of methoxy groups -OCH3 is 2. The molecule has 6 heteroatoms. The maximum Gasteiger partial charge on any atom is 0.236 e. The highest BCUT2D eigenvalue weighted by Gasteiger charge is 2.21. The zero-order valence-electron chi connectivity index (χ0n) is 10.6. The Balaban J connectivity index is 2.20. The van der Waals surface area contributed by atoms with E-state index >= 15 is 0 Å². The van der Waals surface area contributed by atoms with E-state index < -0.39 is 0 Å². The van der Waals surface area contributed by atoms with Gasteiger partial charge in [0.2, 0.25) is 5.91 Å². The van der Waals surface area contributed by atoms with E-state index in [0.717, 1.165) is 6.54 Å². The summed E-state index contributed by atoms with van der Waals surface area (Å²) in [6, 6.07) is 1.74. The van der Waals surface area contributed by atoms with Gasteiger partial charge in [-0.1, -0.05) is 0 Å². The highest BCUT2D eigenvalue weighted by atomic mass is 16.5. The number of hydrogen-bond acceptors (Lipinski definition) is 5. The average molecular weight is 251 g/mol. The maximum atomic E-state index is 11.7. The number of ether oxygens (including phenoxy) is 2. The molecule has 18 heavy (non-hydrogen) atoms. The minimum atomic E-state index is 0.0768. The standard InChI is InChI=1S/C12H17N3O3/c1-17-10-3-4-14-9(12(10)18-2)8-15-6-5-13-7-11(15)16/h3-4,13H,5-8H2,1-2H3. The summed E-state index contributed by atoms with van der Waals surface area (Å²) in [4.78, 5) is 17.7. The Morgan fingerprint density at radius 1 is 1.44 bits per heavy atom.